The van der Waals surface area contributed by atoms with Gasteiger partial charge >= 0.3 is 0 Å². The smallest absolute Gasteiger partial charge is 0.180 e. The van der Waals surface area contributed by atoms with Gasteiger partial charge in [-0.3, -0.25) is 0 Å². The molecule has 0 amide bonds. The quantitative estimate of drug-likeness (QED) is 0.675. The van der Waals surface area contributed by atoms with Crippen molar-refractivity contribution in [3.05, 3.63) is 18.4 Å². The van der Waals surface area contributed by atoms with Crippen LogP contribution >= 0.6 is 0 Å². The zero-order chi connectivity index (χ0) is 8.53. The summed E-state index contributed by atoms with van der Waals surface area (Å²) in [5, 5.41) is 0. The fraction of sp³-hybridized carbons (Fsp3) is 0.625. The summed E-state index contributed by atoms with van der Waals surface area (Å²) in [7, 11) is 0. The van der Waals surface area contributed by atoms with Crippen LogP contribution in [-0.2, 0) is 11.3 Å². The van der Waals surface area contributed by atoms with Gasteiger partial charge in [0.15, 0.2) is 6.39 Å². The van der Waals surface area contributed by atoms with Gasteiger partial charge in [0.2, 0.25) is 0 Å². The number of rotatable bonds is 3. The van der Waals surface area contributed by atoms with Crippen LogP contribution in [0, 0.1) is 0 Å². The fourth-order valence-corrected chi connectivity index (χ4v) is 0.515. The highest BCUT2D eigenvalue weighted by Gasteiger charge is 1.92. The normalized spacial score (nSPS) is 8.64. The van der Waals surface area contributed by atoms with E-state index in [0.29, 0.717) is 13.2 Å². The minimum Gasteiger partial charge on any atom is -0.451 e. The Balaban J connectivity index is 0.000000461. The van der Waals surface area contributed by atoms with E-state index in [1.165, 1.54) is 6.39 Å². The Morgan fingerprint density at radius 1 is 1.55 bits per heavy atom. The summed E-state index contributed by atoms with van der Waals surface area (Å²) in [6, 6.07) is 0. The molecule has 0 N–H and O–H groups in total. The van der Waals surface area contributed by atoms with Crippen LogP contribution in [0.25, 0.3) is 0 Å². The number of ether oxygens (including phenoxy) is 1. The number of hydrogen-bond acceptors (Lipinski definition) is 3. The van der Waals surface area contributed by atoms with Crippen molar-refractivity contribution in [2.24, 2.45) is 0 Å². The summed E-state index contributed by atoms with van der Waals surface area (Å²) in [4.78, 5) is 3.86. The van der Waals surface area contributed by atoms with Crippen molar-refractivity contribution in [1.82, 2.24) is 4.98 Å². The van der Waals surface area contributed by atoms with Crippen LogP contribution in [0.3, 0.4) is 0 Å². The molecule has 0 saturated heterocycles. The molecule has 0 fully saturated rings. The van der Waals surface area contributed by atoms with Crippen molar-refractivity contribution in [1.29, 1.82) is 0 Å². The van der Waals surface area contributed by atoms with Crippen molar-refractivity contribution in [2.45, 2.75) is 27.4 Å². The predicted octanol–water partition coefficient (Wildman–Crippen LogP) is 2.24. The number of nitrogens with zero attached hydrogens (tertiary/aromatic N) is 1. The van der Waals surface area contributed by atoms with Gasteiger partial charge in [-0.1, -0.05) is 13.8 Å². The molecule has 0 atom stereocenters. The molecule has 11 heavy (non-hydrogen) atoms. The Kier molecular flexibility index (Phi) is 6.73. The molecule has 3 nitrogen and oxygen atoms in total. The topological polar surface area (TPSA) is 35.3 Å². The maximum atomic E-state index is 5.06. The first kappa shape index (κ1) is 10.2. The summed E-state index contributed by atoms with van der Waals surface area (Å²) in [5.74, 6) is 0. The SMILES string of the molecule is CC.CCOCc1cocn1. The van der Waals surface area contributed by atoms with E-state index in [1.807, 2.05) is 20.8 Å². The zero-order valence-corrected chi connectivity index (χ0v) is 7.33. The van der Waals surface area contributed by atoms with E-state index in [1.54, 1.807) is 6.26 Å². The van der Waals surface area contributed by atoms with Gasteiger partial charge in [0, 0.05) is 6.61 Å². The molecule has 64 valence electrons. The Morgan fingerprint density at radius 3 is 2.73 bits per heavy atom. The zero-order valence-electron chi connectivity index (χ0n) is 7.33. The van der Waals surface area contributed by atoms with Crippen molar-refractivity contribution in [3.63, 3.8) is 0 Å². The third-order valence-corrected chi connectivity index (χ3v) is 0.938. The van der Waals surface area contributed by atoms with Crippen molar-refractivity contribution in [2.75, 3.05) is 6.61 Å². The van der Waals surface area contributed by atoms with Gasteiger partial charge in [0.1, 0.15) is 12.0 Å². The molecule has 0 aromatic carbocycles. The van der Waals surface area contributed by atoms with E-state index in [9.17, 15) is 0 Å². The molecule has 0 bridgehead atoms. The second-order valence-electron chi connectivity index (χ2n) is 1.62. The molecule has 1 aromatic heterocycles. The van der Waals surface area contributed by atoms with Crippen molar-refractivity contribution >= 4 is 0 Å². The maximum Gasteiger partial charge on any atom is 0.180 e. The predicted molar refractivity (Wildman–Crippen MR) is 43.2 cm³/mol. The van der Waals surface area contributed by atoms with Crippen LogP contribution in [0.15, 0.2) is 17.1 Å². The molecule has 0 unspecified atom stereocenters. The molecule has 0 radical (unpaired) electrons. The molecule has 1 rings (SSSR count). The third-order valence-electron chi connectivity index (χ3n) is 0.938. The van der Waals surface area contributed by atoms with E-state index in [4.69, 9.17) is 9.15 Å². The molecule has 0 spiro atoms. The van der Waals surface area contributed by atoms with Crippen LogP contribution in [0.5, 0.6) is 0 Å². The van der Waals surface area contributed by atoms with Gasteiger partial charge in [-0.25, -0.2) is 4.98 Å². The van der Waals surface area contributed by atoms with Gasteiger partial charge in [-0.05, 0) is 6.92 Å². The summed E-state index contributed by atoms with van der Waals surface area (Å²) >= 11 is 0. The lowest BCUT2D eigenvalue weighted by Crippen LogP contribution is -1.90. The van der Waals surface area contributed by atoms with Crippen LogP contribution in [0.4, 0.5) is 0 Å². The van der Waals surface area contributed by atoms with Crippen LogP contribution < -0.4 is 0 Å². The lowest BCUT2D eigenvalue weighted by molar-refractivity contribution is 0.131. The van der Waals surface area contributed by atoms with Gasteiger partial charge in [-0.2, -0.15) is 0 Å². The molecule has 0 aliphatic rings. The standard InChI is InChI=1S/C6H9NO2.C2H6/c1-2-8-3-6-4-9-5-7-6;1-2/h4-5H,2-3H2,1H3;1-2H3. The van der Waals surface area contributed by atoms with E-state index >= 15 is 0 Å². The minimum absolute atomic E-state index is 0.549. The molecule has 0 aliphatic carbocycles. The second kappa shape index (κ2) is 7.28. The van der Waals surface area contributed by atoms with Gasteiger partial charge in [-0.15, -0.1) is 0 Å². The molecule has 1 heterocycles. The first-order chi connectivity index (χ1) is 5.43. The lowest BCUT2D eigenvalue weighted by atomic mass is 10.5. The van der Waals surface area contributed by atoms with Crippen molar-refractivity contribution < 1.29 is 9.15 Å². The lowest BCUT2D eigenvalue weighted by Gasteiger charge is -1.92. The van der Waals surface area contributed by atoms with Gasteiger partial charge < -0.3 is 9.15 Å². The highest BCUT2D eigenvalue weighted by Crippen LogP contribution is 1.95. The average Bonchev–Trinajstić information content (AvgIpc) is 2.57. The Labute approximate surface area is 67.4 Å². The van der Waals surface area contributed by atoms with E-state index in [-0.39, 0.29) is 0 Å². The summed E-state index contributed by atoms with van der Waals surface area (Å²) in [6.45, 7) is 7.21. The Bertz CT molecular complexity index is 149. The highest BCUT2D eigenvalue weighted by atomic mass is 16.5. The summed E-state index contributed by atoms with van der Waals surface area (Å²) in [5.41, 5.74) is 0.844. The van der Waals surface area contributed by atoms with Crippen LogP contribution in [-0.4, -0.2) is 11.6 Å². The Morgan fingerprint density at radius 2 is 2.27 bits per heavy atom. The van der Waals surface area contributed by atoms with E-state index in [2.05, 4.69) is 4.98 Å². The second-order valence-corrected chi connectivity index (χ2v) is 1.62. The number of aromatic nitrogens is 1. The Hall–Kier alpha value is -0.830. The summed E-state index contributed by atoms with van der Waals surface area (Å²) in [6.07, 6.45) is 2.98. The first-order valence-corrected chi connectivity index (χ1v) is 3.88. The van der Waals surface area contributed by atoms with Crippen LogP contribution in [0.1, 0.15) is 26.5 Å². The largest absolute Gasteiger partial charge is 0.451 e. The molecular weight excluding hydrogens is 142 g/mol. The molecule has 0 saturated carbocycles. The van der Waals surface area contributed by atoms with E-state index < -0.39 is 0 Å². The highest BCUT2D eigenvalue weighted by molar-refractivity contribution is 4.87. The maximum absolute atomic E-state index is 5.06. The first-order valence-electron chi connectivity index (χ1n) is 3.88. The molecule has 3 heteroatoms. The number of hydrogen-bond donors (Lipinski definition) is 0. The molecule has 1 aromatic rings. The average molecular weight is 157 g/mol. The molecule has 0 aliphatic heterocycles. The van der Waals surface area contributed by atoms with Gasteiger partial charge in [0.05, 0.1) is 6.61 Å². The monoisotopic (exact) mass is 157 g/mol. The number of oxazole rings is 1. The van der Waals surface area contributed by atoms with E-state index in [0.717, 1.165) is 5.69 Å². The van der Waals surface area contributed by atoms with Gasteiger partial charge in [0.25, 0.3) is 0 Å². The minimum atomic E-state index is 0.549. The summed E-state index contributed by atoms with van der Waals surface area (Å²) < 4.78 is 9.78. The fourth-order valence-electron chi connectivity index (χ4n) is 0.515. The third kappa shape index (κ3) is 4.56. The molecular formula is C8H15NO2. The van der Waals surface area contributed by atoms with Crippen molar-refractivity contribution in [3.8, 4) is 0 Å². The van der Waals surface area contributed by atoms with Crippen LogP contribution in [0.2, 0.25) is 0 Å².